The summed E-state index contributed by atoms with van der Waals surface area (Å²) in [7, 11) is 5.01. The van der Waals surface area contributed by atoms with Crippen LogP contribution in [-0.4, -0.2) is 162 Å². The van der Waals surface area contributed by atoms with Crippen LogP contribution in [0.15, 0.2) is 103 Å². The number of aliphatic hydroxyl groups is 3. The van der Waals surface area contributed by atoms with Crippen LogP contribution in [0.2, 0.25) is 0 Å². The fraction of sp³-hybridized carbons (Fsp3) is 0.463. The van der Waals surface area contributed by atoms with Gasteiger partial charge in [0.15, 0.2) is 6.10 Å². The quantitative estimate of drug-likeness (QED) is 0.0248. The van der Waals surface area contributed by atoms with Crippen molar-refractivity contribution in [2.24, 2.45) is 18.4 Å². The van der Waals surface area contributed by atoms with Crippen molar-refractivity contribution in [1.82, 2.24) is 41.2 Å². The Labute approximate surface area is 540 Å². The molecule has 0 bridgehead atoms. The van der Waals surface area contributed by atoms with E-state index in [0.29, 0.717) is 36.2 Å². The highest BCUT2D eigenvalue weighted by molar-refractivity contribution is 6.00. The lowest BCUT2D eigenvalue weighted by Crippen LogP contribution is -2.61. The first-order chi connectivity index (χ1) is 43.9. The van der Waals surface area contributed by atoms with Crippen LogP contribution in [0.4, 0.5) is 16.2 Å². The molecule has 7 rings (SSSR count). The number of carbonyl (C=O) groups is 8. The second kappa shape index (κ2) is 31.0. The third-order valence-electron chi connectivity index (χ3n) is 16.7. The first-order valence-electron chi connectivity index (χ1n) is 30.8. The number of benzene rings is 4. The molecule has 26 nitrogen and oxygen atoms in total. The highest BCUT2D eigenvalue weighted by atomic mass is 16.7. The number of ether oxygens (including phenoxy) is 3. The number of aromatic nitrogens is 3. The Kier molecular flexibility index (Phi) is 23.8. The minimum Gasteiger partial charge on any atom is -0.479 e. The number of nitrogens with one attached hydrogen (secondary N) is 5. The number of carboxylic acids is 2. The van der Waals surface area contributed by atoms with Crippen LogP contribution in [0.1, 0.15) is 110 Å². The lowest BCUT2D eigenvalue weighted by Gasteiger charge is -2.40. The number of hydrogen-bond acceptors (Lipinski definition) is 17. The summed E-state index contributed by atoms with van der Waals surface area (Å²) in [6.07, 6.45) is -8.09. The van der Waals surface area contributed by atoms with E-state index in [1.807, 2.05) is 104 Å². The van der Waals surface area contributed by atoms with E-state index in [-0.39, 0.29) is 73.6 Å². The number of unbranched alkanes of at least 4 members (excludes halogenated alkanes) is 1. The van der Waals surface area contributed by atoms with Crippen LogP contribution in [0, 0.1) is 11.3 Å². The number of hydrogen-bond donors (Lipinski definition) is 10. The smallest absolute Gasteiger partial charge is 0.411 e. The highest BCUT2D eigenvalue weighted by Gasteiger charge is 2.48. The number of aliphatic hydroxyl groups excluding tert-OH is 3. The summed E-state index contributed by atoms with van der Waals surface area (Å²) in [6, 6.07) is 24.0. The van der Waals surface area contributed by atoms with Gasteiger partial charge in [0.05, 0.1) is 30.0 Å². The van der Waals surface area contributed by atoms with Gasteiger partial charge in [-0.15, -0.1) is 5.10 Å². The summed E-state index contributed by atoms with van der Waals surface area (Å²) in [5.41, 5.74) is 4.72. The molecule has 6 amide bonds. The Bertz CT molecular complexity index is 3580. The van der Waals surface area contributed by atoms with Crippen LogP contribution in [0.3, 0.4) is 0 Å². The monoisotopic (exact) mass is 1290 g/mol. The molecule has 1 aromatic heterocycles. The fourth-order valence-electron chi connectivity index (χ4n) is 11.3. The lowest BCUT2D eigenvalue weighted by molar-refractivity contribution is -0.271. The van der Waals surface area contributed by atoms with Gasteiger partial charge in [-0.25, -0.2) is 19.1 Å². The summed E-state index contributed by atoms with van der Waals surface area (Å²) < 4.78 is 18.6. The van der Waals surface area contributed by atoms with Crippen molar-refractivity contribution in [2.75, 3.05) is 30.9 Å². The molecule has 0 unspecified atom stereocenters. The number of likely N-dealkylation sites (N-methyl/N-ethyl adjacent to an activating group) is 2. The SMILES string of the molecule is CN[C@H](C(=O)N[C@H](C(=O)N(C)[C@H](/C=C(\C)C(=O)O)C(C)C)C(C)(C)C)C(C)(C)c1cccc(NC(=O)OCc2ccc(O[C@@H]3O[C@H](C(=O)O)[C@@H](O)[C@H](O)[C@H]3O)c(CNC(=O)CCNC(=O)CCCCC(=O)N3Cc4ccccc4-c4nnn(C)c4-c4ccccc43)c2)c1. The molecule has 2 aliphatic heterocycles. The zero-order valence-corrected chi connectivity index (χ0v) is 54.3. The average Bonchev–Trinajstić information content (AvgIpc) is 1.72. The zero-order valence-electron chi connectivity index (χ0n) is 54.3. The van der Waals surface area contributed by atoms with Crippen LogP contribution >= 0.6 is 0 Å². The minimum absolute atomic E-state index is 0.0372. The molecule has 10 N–H and O–H groups in total. The third kappa shape index (κ3) is 17.5. The summed E-state index contributed by atoms with van der Waals surface area (Å²) in [6.45, 7) is 14.0. The maximum atomic E-state index is 14.3. The van der Waals surface area contributed by atoms with E-state index >= 15 is 0 Å². The van der Waals surface area contributed by atoms with Crippen molar-refractivity contribution in [3.8, 4) is 28.3 Å². The summed E-state index contributed by atoms with van der Waals surface area (Å²) in [5.74, 6) is -4.78. The minimum atomic E-state index is -1.99. The molecular formula is C67H86N10O16. The zero-order chi connectivity index (χ0) is 68.2. The predicted molar refractivity (Wildman–Crippen MR) is 343 cm³/mol. The fourth-order valence-corrected chi connectivity index (χ4v) is 11.3. The maximum absolute atomic E-state index is 14.3. The van der Waals surface area contributed by atoms with E-state index < -0.39 is 95.4 Å². The number of para-hydroxylation sites is 1. The Balaban J connectivity index is 0.951. The van der Waals surface area contributed by atoms with Crippen molar-refractivity contribution in [1.29, 1.82) is 0 Å². The van der Waals surface area contributed by atoms with E-state index in [0.717, 1.165) is 33.8 Å². The number of aryl methyl sites for hydroxylation is 1. The van der Waals surface area contributed by atoms with E-state index in [1.165, 1.54) is 36.1 Å². The van der Waals surface area contributed by atoms with Crippen molar-refractivity contribution >= 4 is 58.9 Å². The Morgan fingerprint density at radius 1 is 0.806 bits per heavy atom. The highest BCUT2D eigenvalue weighted by Crippen LogP contribution is 2.41. The molecule has 2 aliphatic rings. The Morgan fingerprint density at radius 3 is 2.16 bits per heavy atom. The van der Waals surface area contributed by atoms with Gasteiger partial charge < -0.3 is 70.8 Å². The van der Waals surface area contributed by atoms with Crippen molar-refractivity contribution < 1.29 is 78.1 Å². The van der Waals surface area contributed by atoms with Crippen molar-refractivity contribution in [3.63, 3.8) is 0 Å². The molecule has 0 spiro atoms. The number of anilines is 2. The van der Waals surface area contributed by atoms with E-state index in [4.69, 9.17) is 14.2 Å². The van der Waals surface area contributed by atoms with Crippen LogP contribution in [0.25, 0.3) is 22.5 Å². The van der Waals surface area contributed by atoms with Gasteiger partial charge in [0.25, 0.3) is 0 Å². The number of carboxylic acid groups (broad SMARTS) is 2. The van der Waals surface area contributed by atoms with E-state index in [9.17, 15) is 63.9 Å². The van der Waals surface area contributed by atoms with E-state index in [1.54, 1.807) is 47.9 Å². The molecule has 0 saturated carbocycles. The average molecular weight is 1290 g/mol. The van der Waals surface area contributed by atoms with E-state index in [2.05, 4.69) is 36.9 Å². The predicted octanol–water partition coefficient (Wildman–Crippen LogP) is 5.31. The molecular weight excluding hydrogens is 1200 g/mol. The summed E-state index contributed by atoms with van der Waals surface area (Å²) in [5, 5.41) is 73.8. The molecule has 0 aliphatic carbocycles. The normalized spacial score (nSPS) is 18.2. The number of nitrogens with zero attached hydrogens (tertiary/aromatic N) is 5. The topological polar surface area (TPSA) is 363 Å². The van der Waals surface area contributed by atoms with Crippen LogP contribution in [0.5, 0.6) is 5.75 Å². The van der Waals surface area contributed by atoms with Crippen LogP contribution in [-0.2, 0) is 75.2 Å². The van der Waals surface area contributed by atoms with Crippen molar-refractivity contribution in [2.45, 2.75) is 161 Å². The molecule has 26 heteroatoms. The molecule has 0 radical (unpaired) electrons. The number of aliphatic carboxylic acids is 2. The number of carbonyl (C=O) groups excluding carboxylic acids is 6. The largest absolute Gasteiger partial charge is 0.479 e. The summed E-state index contributed by atoms with van der Waals surface area (Å²) in [4.78, 5) is 109. The van der Waals surface area contributed by atoms with Gasteiger partial charge >= 0.3 is 18.0 Å². The number of amides is 6. The van der Waals surface area contributed by atoms with Crippen molar-refractivity contribution in [3.05, 3.63) is 125 Å². The lowest BCUT2D eigenvalue weighted by atomic mass is 9.76. The van der Waals surface area contributed by atoms with Gasteiger partial charge in [0.1, 0.15) is 42.4 Å². The number of rotatable bonds is 26. The molecule has 1 saturated heterocycles. The molecule has 8 atom stereocenters. The number of fused-ring (bicyclic) bond motifs is 5. The van der Waals surface area contributed by atoms with Gasteiger partial charge in [-0.05, 0) is 85.2 Å². The van der Waals surface area contributed by atoms with Gasteiger partial charge in [-0.3, -0.25) is 29.3 Å². The first-order valence-corrected chi connectivity index (χ1v) is 30.8. The molecule has 500 valence electrons. The molecule has 1 fully saturated rings. The van der Waals surface area contributed by atoms with Gasteiger partial charge in [0, 0.05) is 79.8 Å². The molecule has 93 heavy (non-hydrogen) atoms. The molecule has 3 heterocycles. The van der Waals surface area contributed by atoms with Gasteiger partial charge in [-0.1, -0.05) is 120 Å². The first kappa shape index (κ1) is 71.4. The Morgan fingerprint density at radius 2 is 1.48 bits per heavy atom. The Hall–Kier alpha value is -9.08. The standard InChI is InChI=1S/C67H86N10O16/c1-37(2)47(31-38(3)62(86)87)75(10)61(85)59(66(4,5)6)72-60(84)58(68-9)67(7,8)42-20-18-21-43(33-42)71-65(90)91-36-39-27-28-48(92-64-56(83)54(81)55(82)57(93-64)63(88)89)41(32-39)34-70-50(79)29-30-69-49(78)25-16-17-26-51(80)77-35-40-19-12-13-22-44(40)52-53(76(11)74-73-52)45-23-14-15-24-46(45)77/h12-15,18-24,27-28,31-33,37,47,54-59,64,68,81-83H,16-17,25-26,29-30,34-36H2,1-11H3,(H,69,78)(H,70,79)(H,71,90)(H,72,84)(H,86,87)(H,88,89)/b38-31+/t47-,54+,55+,56-,57+,58-,59-,64-/m1/s1. The molecule has 5 aromatic rings. The maximum Gasteiger partial charge on any atom is 0.411 e. The third-order valence-corrected chi connectivity index (χ3v) is 16.7. The van der Waals surface area contributed by atoms with Gasteiger partial charge in [-0.2, -0.15) is 0 Å². The second-order valence-electron chi connectivity index (χ2n) is 25.3. The van der Waals surface area contributed by atoms with Gasteiger partial charge in [0.2, 0.25) is 35.8 Å². The second-order valence-corrected chi connectivity index (χ2v) is 25.3. The summed E-state index contributed by atoms with van der Waals surface area (Å²) >= 11 is 0. The molecule has 4 aromatic carbocycles. The van der Waals surface area contributed by atoms with Crippen LogP contribution < -0.4 is 36.2 Å².